The van der Waals surface area contributed by atoms with Crippen LogP contribution >= 0.6 is 0 Å². The van der Waals surface area contributed by atoms with Crippen molar-refractivity contribution in [1.82, 2.24) is 15.1 Å². The highest BCUT2D eigenvalue weighted by molar-refractivity contribution is 5.03. The van der Waals surface area contributed by atoms with Crippen LogP contribution in [0.15, 0.2) is 12.3 Å². The Bertz CT molecular complexity index is 245. The monoisotopic (exact) mass is 242 g/mol. The van der Waals surface area contributed by atoms with Gasteiger partial charge in [0.05, 0.1) is 5.69 Å². The number of hydrogen-bond donors (Lipinski definition) is 2. The summed E-state index contributed by atoms with van der Waals surface area (Å²) in [4.78, 5) is 0. The van der Waals surface area contributed by atoms with Crippen LogP contribution in [0.1, 0.15) is 52.3 Å². The highest BCUT2D eigenvalue weighted by Crippen LogP contribution is 2.07. The van der Waals surface area contributed by atoms with E-state index in [0.29, 0.717) is 6.04 Å². The zero-order chi connectivity index (χ0) is 13.7. The van der Waals surface area contributed by atoms with E-state index in [1.807, 2.05) is 24.0 Å². The lowest BCUT2D eigenvalue weighted by Gasteiger charge is -2.09. The normalized spacial score (nSPS) is 10.8. The molecule has 0 aromatic carbocycles. The molecule has 0 fully saturated rings. The minimum atomic E-state index is 0.367. The van der Waals surface area contributed by atoms with Crippen molar-refractivity contribution < 1.29 is 0 Å². The van der Waals surface area contributed by atoms with E-state index >= 15 is 0 Å². The highest BCUT2D eigenvalue weighted by atomic mass is 15.3. The van der Waals surface area contributed by atoms with Crippen LogP contribution in [-0.4, -0.2) is 23.4 Å². The number of aromatic nitrogens is 2. The Morgan fingerprint density at radius 3 is 2.24 bits per heavy atom. The molecule has 1 aromatic heterocycles. The molecule has 102 valence electrons. The Morgan fingerprint density at radius 1 is 1.35 bits per heavy atom. The van der Waals surface area contributed by atoms with E-state index in [2.05, 4.69) is 43.8 Å². The molecule has 1 unspecified atom stereocenters. The summed E-state index contributed by atoms with van der Waals surface area (Å²) in [6.07, 6.45) is 4.39. The molecule has 0 aliphatic carbocycles. The number of hydrogen-bond acceptors (Lipinski definition) is 3. The highest BCUT2D eigenvalue weighted by Gasteiger charge is 2.05. The number of aryl methyl sites for hydroxylation is 1. The van der Waals surface area contributed by atoms with Crippen LogP contribution in [0.25, 0.3) is 0 Å². The van der Waals surface area contributed by atoms with E-state index in [1.165, 1.54) is 13.5 Å². The molecule has 0 saturated carbocycles. The maximum Gasteiger partial charge on any atom is 0.0790 e. The van der Waals surface area contributed by atoms with Gasteiger partial charge in [0.15, 0.2) is 0 Å². The summed E-state index contributed by atoms with van der Waals surface area (Å²) >= 11 is 0. The first-order valence-corrected chi connectivity index (χ1v) is 6.46. The van der Waals surface area contributed by atoms with Crippen LogP contribution < -0.4 is 11.1 Å². The lowest BCUT2D eigenvalue weighted by Crippen LogP contribution is -2.19. The Balaban J connectivity index is 0. The molecule has 1 atom stereocenters. The zero-order valence-electron chi connectivity index (χ0n) is 12.3. The average Bonchev–Trinajstić information content (AvgIpc) is 2.76. The van der Waals surface area contributed by atoms with Crippen LogP contribution in [0.2, 0.25) is 0 Å². The zero-order valence-corrected chi connectivity index (χ0v) is 12.3. The van der Waals surface area contributed by atoms with Gasteiger partial charge in [0.25, 0.3) is 0 Å². The summed E-state index contributed by atoms with van der Waals surface area (Å²) in [5, 5.41) is 7.70. The molecule has 3 N–H and O–H groups in total. The third kappa shape index (κ3) is 10.0. The van der Waals surface area contributed by atoms with Crippen LogP contribution in [-0.2, 0) is 7.05 Å². The smallest absolute Gasteiger partial charge is 0.0790 e. The summed E-state index contributed by atoms with van der Waals surface area (Å²) in [6, 6.07) is 2.42. The summed E-state index contributed by atoms with van der Waals surface area (Å²) in [6.45, 7) is 9.61. The quantitative estimate of drug-likeness (QED) is 0.853. The minimum absolute atomic E-state index is 0.367. The molecule has 1 aromatic rings. The predicted octanol–water partition coefficient (Wildman–Crippen LogP) is 2.47. The van der Waals surface area contributed by atoms with Crippen LogP contribution in [0.3, 0.4) is 0 Å². The largest absolute Gasteiger partial charge is 0.333 e. The lowest BCUT2D eigenvalue weighted by molar-refractivity contribution is 0.549. The summed E-state index contributed by atoms with van der Waals surface area (Å²) in [5.74, 6) is 0. The van der Waals surface area contributed by atoms with Crippen LogP contribution in [0.4, 0.5) is 0 Å². The van der Waals surface area contributed by atoms with E-state index in [9.17, 15) is 0 Å². The summed E-state index contributed by atoms with van der Waals surface area (Å²) in [5.41, 5.74) is 5.62. The molecule has 0 saturated heterocycles. The van der Waals surface area contributed by atoms with Crippen molar-refractivity contribution in [3.05, 3.63) is 18.0 Å². The summed E-state index contributed by atoms with van der Waals surface area (Å²) < 4.78 is 1.83. The van der Waals surface area contributed by atoms with Crippen molar-refractivity contribution in [2.24, 2.45) is 12.8 Å². The molecule has 4 heteroatoms. The van der Waals surface area contributed by atoms with E-state index in [4.69, 9.17) is 0 Å². The molecule has 17 heavy (non-hydrogen) atoms. The van der Waals surface area contributed by atoms with Gasteiger partial charge in [-0.05, 0) is 33.0 Å². The van der Waals surface area contributed by atoms with Gasteiger partial charge in [-0.3, -0.25) is 4.68 Å². The summed E-state index contributed by atoms with van der Waals surface area (Å²) in [7, 11) is 3.44. The van der Waals surface area contributed by atoms with Gasteiger partial charge in [0.2, 0.25) is 0 Å². The van der Waals surface area contributed by atoms with E-state index < -0.39 is 0 Å². The van der Waals surface area contributed by atoms with Crippen LogP contribution in [0, 0.1) is 0 Å². The van der Waals surface area contributed by atoms with Gasteiger partial charge in [0.1, 0.15) is 0 Å². The van der Waals surface area contributed by atoms with Gasteiger partial charge in [0, 0.05) is 19.3 Å². The van der Waals surface area contributed by atoms with Gasteiger partial charge >= 0.3 is 0 Å². The molecule has 0 spiro atoms. The number of nitrogens with zero attached hydrogens (tertiary/aromatic N) is 2. The molecule has 4 nitrogen and oxygen atoms in total. The Morgan fingerprint density at radius 2 is 1.88 bits per heavy atom. The fourth-order valence-electron chi connectivity index (χ4n) is 1.13. The maximum atomic E-state index is 4.50. The molecule has 1 heterocycles. The molecule has 0 bridgehead atoms. The average molecular weight is 242 g/mol. The lowest BCUT2D eigenvalue weighted by atomic mass is 10.2. The second-order valence-corrected chi connectivity index (χ2v) is 3.80. The third-order valence-electron chi connectivity index (χ3n) is 1.88. The number of nitrogens with two attached hydrogens (primary N) is 1. The van der Waals surface area contributed by atoms with Crippen LogP contribution in [0.5, 0.6) is 0 Å². The minimum Gasteiger partial charge on any atom is -0.333 e. The third-order valence-corrected chi connectivity index (χ3v) is 1.88. The van der Waals surface area contributed by atoms with Gasteiger partial charge in [-0.2, -0.15) is 5.10 Å². The molecule has 0 aliphatic rings. The fourth-order valence-corrected chi connectivity index (χ4v) is 1.13. The predicted molar refractivity (Wildman–Crippen MR) is 76.0 cm³/mol. The van der Waals surface area contributed by atoms with Crippen molar-refractivity contribution in [2.45, 2.75) is 46.6 Å². The first-order valence-electron chi connectivity index (χ1n) is 6.46. The number of rotatable bonds is 4. The Hall–Kier alpha value is -0.870. The maximum absolute atomic E-state index is 4.50. The van der Waals surface area contributed by atoms with E-state index in [0.717, 1.165) is 18.7 Å². The number of nitrogens with one attached hydrogen (secondary N) is 1. The molecule has 0 amide bonds. The van der Waals surface area contributed by atoms with E-state index in [1.54, 1.807) is 0 Å². The fraction of sp³-hybridized carbons (Fsp3) is 0.769. The molecule has 1 rings (SSSR count). The van der Waals surface area contributed by atoms with Crippen molar-refractivity contribution >= 4 is 0 Å². The standard InChI is InChI=1S/C9H17N3.C3H8.CH5N/c1-4-6-10-8(2)9-5-7-12(3)11-9;1-3-2;1-2/h5,7-8,10H,4,6H2,1-3H3;3H2,1-2H3;2H2,1H3. The van der Waals surface area contributed by atoms with Gasteiger partial charge < -0.3 is 11.1 Å². The second kappa shape index (κ2) is 13.2. The Labute approximate surface area is 107 Å². The first kappa shape index (κ1) is 18.5. The van der Waals surface area contributed by atoms with Crippen molar-refractivity contribution in [3.8, 4) is 0 Å². The van der Waals surface area contributed by atoms with Gasteiger partial charge in [-0.25, -0.2) is 0 Å². The topological polar surface area (TPSA) is 55.9 Å². The first-order chi connectivity index (χ1) is 8.15. The van der Waals surface area contributed by atoms with Gasteiger partial charge in [-0.1, -0.05) is 27.2 Å². The second-order valence-electron chi connectivity index (χ2n) is 3.80. The SMILES string of the molecule is CCC.CCCNC(C)c1ccn(C)n1.CN. The van der Waals surface area contributed by atoms with Crippen molar-refractivity contribution in [3.63, 3.8) is 0 Å². The molecular weight excluding hydrogens is 212 g/mol. The van der Waals surface area contributed by atoms with Crippen molar-refractivity contribution in [2.75, 3.05) is 13.6 Å². The molecule has 0 radical (unpaired) electrons. The van der Waals surface area contributed by atoms with E-state index in [-0.39, 0.29) is 0 Å². The van der Waals surface area contributed by atoms with Gasteiger partial charge in [-0.15, -0.1) is 0 Å². The molecule has 0 aliphatic heterocycles. The Kier molecular flexibility index (Phi) is 14.4. The molecular formula is C13H30N4. The van der Waals surface area contributed by atoms with Crippen molar-refractivity contribution in [1.29, 1.82) is 0 Å².